The summed E-state index contributed by atoms with van der Waals surface area (Å²) >= 11 is 0.637. The van der Waals surface area contributed by atoms with Gasteiger partial charge in [0.05, 0.1) is 24.7 Å². The van der Waals surface area contributed by atoms with E-state index in [1.54, 1.807) is 18.2 Å². The third kappa shape index (κ3) is 5.05. The Morgan fingerprint density at radius 1 is 1.12 bits per heavy atom. The minimum absolute atomic E-state index is 0.0634. The second-order valence-electron chi connectivity index (χ2n) is 6.48. The predicted octanol–water partition coefficient (Wildman–Crippen LogP) is 4.40. The van der Waals surface area contributed by atoms with Gasteiger partial charge in [0.15, 0.2) is 11.5 Å². The van der Waals surface area contributed by atoms with Gasteiger partial charge in [0.2, 0.25) is 5.91 Å². The summed E-state index contributed by atoms with van der Waals surface area (Å²) in [5.74, 6) is -0.721. The number of hydrogen-bond acceptors (Lipinski definition) is 6. The molecule has 1 aliphatic rings. The van der Waals surface area contributed by atoms with Gasteiger partial charge in [-0.2, -0.15) is 13.2 Å². The van der Waals surface area contributed by atoms with Gasteiger partial charge < -0.3 is 14.8 Å². The van der Waals surface area contributed by atoms with Gasteiger partial charge in [-0.1, -0.05) is 18.2 Å². The Labute approximate surface area is 185 Å². The number of hydrogen-bond donors (Lipinski definition) is 1. The quantitative estimate of drug-likeness (QED) is 0.636. The maximum Gasteiger partial charge on any atom is 0.416 e. The number of imide groups is 1. The zero-order valence-corrected chi connectivity index (χ0v) is 17.7. The van der Waals surface area contributed by atoms with Gasteiger partial charge in [0.25, 0.3) is 11.1 Å². The first-order valence-electron chi connectivity index (χ1n) is 9.07. The van der Waals surface area contributed by atoms with E-state index >= 15 is 0 Å². The molecule has 3 rings (SSSR count). The molecule has 1 fully saturated rings. The van der Waals surface area contributed by atoms with E-state index in [4.69, 9.17) is 9.47 Å². The lowest BCUT2D eigenvalue weighted by atomic mass is 10.1. The number of ether oxygens (including phenoxy) is 2. The summed E-state index contributed by atoms with van der Waals surface area (Å²) < 4.78 is 49.0. The van der Waals surface area contributed by atoms with Crippen LogP contribution in [0.1, 0.15) is 11.1 Å². The monoisotopic (exact) mass is 466 g/mol. The first-order chi connectivity index (χ1) is 15.1. The molecule has 0 unspecified atom stereocenters. The lowest BCUT2D eigenvalue weighted by molar-refractivity contribution is -0.137. The molecule has 168 valence electrons. The third-order valence-electron chi connectivity index (χ3n) is 4.37. The van der Waals surface area contributed by atoms with Crippen LogP contribution in [-0.4, -0.2) is 42.7 Å². The topological polar surface area (TPSA) is 84.9 Å². The number of carbonyl (C=O) groups is 3. The van der Waals surface area contributed by atoms with Gasteiger partial charge in [0.1, 0.15) is 6.54 Å². The van der Waals surface area contributed by atoms with Crippen LogP contribution in [0.5, 0.6) is 11.5 Å². The maximum atomic E-state index is 12.8. The molecule has 3 amide bonds. The van der Waals surface area contributed by atoms with Crippen molar-refractivity contribution in [3.63, 3.8) is 0 Å². The number of carbonyl (C=O) groups excluding carboxylic acids is 3. The van der Waals surface area contributed by atoms with Gasteiger partial charge in [-0.25, -0.2) is 0 Å². The Balaban J connectivity index is 1.75. The second-order valence-corrected chi connectivity index (χ2v) is 7.47. The number of methoxy groups -OCH3 is 2. The number of benzene rings is 2. The van der Waals surface area contributed by atoms with Crippen molar-refractivity contribution in [2.75, 3.05) is 26.1 Å². The summed E-state index contributed by atoms with van der Waals surface area (Å²) in [6.45, 7) is -0.645. The van der Waals surface area contributed by atoms with Gasteiger partial charge in [-0.3, -0.25) is 19.3 Å². The molecule has 2 aromatic rings. The maximum absolute atomic E-state index is 12.8. The average molecular weight is 466 g/mol. The summed E-state index contributed by atoms with van der Waals surface area (Å²) in [6.07, 6.45) is -3.13. The van der Waals surface area contributed by atoms with Gasteiger partial charge in [0, 0.05) is 11.3 Å². The number of nitrogens with one attached hydrogen (secondary N) is 1. The molecule has 0 spiro atoms. The minimum atomic E-state index is -4.57. The van der Waals surface area contributed by atoms with Crippen LogP contribution < -0.4 is 14.8 Å². The van der Waals surface area contributed by atoms with E-state index in [9.17, 15) is 27.6 Å². The van der Waals surface area contributed by atoms with Crippen LogP contribution in [0.2, 0.25) is 0 Å². The van der Waals surface area contributed by atoms with Crippen LogP contribution in [0.4, 0.5) is 23.7 Å². The average Bonchev–Trinajstić information content (AvgIpc) is 3.00. The van der Waals surface area contributed by atoms with Crippen molar-refractivity contribution >= 4 is 40.6 Å². The standard InChI is InChI=1S/C21H17F3N2O5S/c1-30-15-8-3-5-12(18(15)31-2)9-16-19(28)26(20(29)32-16)11-17(27)25-14-7-4-6-13(10-14)21(22,23)24/h3-10H,11H2,1-2H3,(H,25,27)/b16-9-. The molecule has 0 aromatic heterocycles. The van der Waals surface area contributed by atoms with Crippen LogP contribution >= 0.6 is 11.8 Å². The number of alkyl halides is 3. The molecule has 1 saturated heterocycles. The Hall–Kier alpha value is -3.47. The lowest BCUT2D eigenvalue weighted by Gasteiger charge is -2.13. The SMILES string of the molecule is COc1cccc(/C=C2\SC(=O)N(CC(=O)Nc3cccc(C(F)(F)F)c3)C2=O)c1OC. The lowest BCUT2D eigenvalue weighted by Crippen LogP contribution is -2.36. The summed E-state index contributed by atoms with van der Waals surface area (Å²) in [5.41, 5.74) is -0.546. The van der Waals surface area contributed by atoms with E-state index in [1.807, 2.05) is 0 Å². The fraction of sp³-hybridized carbons (Fsp3) is 0.190. The first kappa shape index (κ1) is 23.2. The molecular weight excluding hydrogens is 449 g/mol. The van der Waals surface area contributed by atoms with Gasteiger partial charge >= 0.3 is 6.18 Å². The first-order valence-corrected chi connectivity index (χ1v) is 9.89. The molecule has 0 atom stereocenters. The zero-order valence-electron chi connectivity index (χ0n) is 16.9. The van der Waals surface area contributed by atoms with E-state index < -0.39 is 35.3 Å². The van der Waals surface area contributed by atoms with E-state index in [-0.39, 0.29) is 10.6 Å². The largest absolute Gasteiger partial charge is 0.493 e. The van der Waals surface area contributed by atoms with Gasteiger partial charge in [-0.15, -0.1) is 0 Å². The Kier molecular flexibility index (Phi) is 6.78. The molecular formula is C21H17F3N2O5S. The third-order valence-corrected chi connectivity index (χ3v) is 5.28. The summed E-state index contributed by atoms with van der Waals surface area (Å²) in [5, 5.41) is 1.59. The molecule has 32 heavy (non-hydrogen) atoms. The van der Waals surface area contributed by atoms with E-state index in [2.05, 4.69) is 5.32 Å². The highest BCUT2D eigenvalue weighted by Crippen LogP contribution is 2.37. The normalized spacial score (nSPS) is 15.3. The van der Waals surface area contributed by atoms with E-state index in [1.165, 1.54) is 26.4 Å². The molecule has 0 aliphatic carbocycles. The highest BCUT2D eigenvalue weighted by atomic mass is 32.2. The van der Waals surface area contributed by atoms with Crippen molar-refractivity contribution in [2.45, 2.75) is 6.18 Å². The fourth-order valence-electron chi connectivity index (χ4n) is 2.92. The summed E-state index contributed by atoms with van der Waals surface area (Å²) in [6, 6.07) is 9.05. The highest BCUT2D eigenvalue weighted by Gasteiger charge is 2.37. The fourth-order valence-corrected chi connectivity index (χ4v) is 3.75. The van der Waals surface area contributed by atoms with Crippen molar-refractivity contribution < 1.29 is 37.0 Å². The molecule has 1 heterocycles. The molecule has 2 aromatic carbocycles. The van der Waals surface area contributed by atoms with Crippen molar-refractivity contribution in [3.8, 4) is 11.5 Å². The second kappa shape index (κ2) is 9.35. The summed E-state index contributed by atoms with van der Waals surface area (Å²) in [4.78, 5) is 38.0. The van der Waals surface area contributed by atoms with Crippen LogP contribution in [0.3, 0.4) is 0 Å². The van der Waals surface area contributed by atoms with Crippen LogP contribution in [-0.2, 0) is 15.8 Å². The van der Waals surface area contributed by atoms with Gasteiger partial charge in [-0.05, 0) is 42.1 Å². The number of anilines is 1. The minimum Gasteiger partial charge on any atom is -0.493 e. The molecule has 1 aliphatic heterocycles. The molecule has 7 nitrogen and oxygen atoms in total. The van der Waals surface area contributed by atoms with Crippen molar-refractivity contribution in [1.82, 2.24) is 4.90 Å². The molecule has 0 saturated carbocycles. The van der Waals surface area contributed by atoms with Crippen molar-refractivity contribution in [2.24, 2.45) is 0 Å². The van der Waals surface area contributed by atoms with E-state index in [0.717, 1.165) is 18.2 Å². The number of rotatable bonds is 6. The van der Waals surface area contributed by atoms with Crippen LogP contribution in [0, 0.1) is 0 Å². The Morgan fingerprint density at radius 2 is 1.84 bits per heavy atom. The predicted molar refractivity (Wildman–Crippen MR) is 112 cm³/mol. The van der Waals surface area contributed by atoms with Crippen LogP contribution in [0.25, 0.3) is 6.08 Å². The summed E-state index contributed by atoms with van der Waals surface area (Å²) in [7, 11) is 2.89. The van der Waals surface area contributed by atoms with Crippen molar-refractivity contribution in [1.29, 1.82) is 0 Å². The molecule has 11 heteroatoms. The number of thioether (sulfide) groups is 1. The number of para-hydroxylation sites is 1. The van der Waals surface area contributed by atoms with Crippen LogP contribution in [0.15, 0.2) is 47.4 Å². The number of nitrogens with zero attached hydrogens (tertiary/aromatic N) is 1. The number of amides is 3. The Bertz CT molecular complexity index is 1100. The highest BCUT2D eigenvalue weighted by molar-refractivity contribution is 8.18. The molecule has 1 N–H and O–H groups in total. The van der Waals surface area contributed by atoms with E-state index in [0.29, 0.717) is 33.7 Å². The molecule has 0 bridgehead atoms. The molecule has 0 radical (unpaired) electrons. The smallest absolute Gasteiger partial charge is 0.416 e. The van der Waals surface area contributed by atoms with Crippen molar-refractivity contribution in [3.05, 3.63) is 58.5 Å². The Morgan fingerprint density at radius 3 is 2.50 bits per heavy atom. The zero-order chi connectivity index (χ0) is 23.5. The number of halogens is 3.